The first-order valence-corrected chi connectivity index (χ1v) is 9.60. The van der Waals surface area contributed by atoms with Crippen LogP contribution in [0.5, 0.6) is 0 Å². The first kappa shape index (κ1) is 17.7. The number of nitrogens with one attached hydrogen (secondary N) is 1. The van der Waals surface area contributed by atoms with Gasteiger partial charge in [-0.1, -0.05) is 6.07 Å². The maximum Gasteiger partial charge on any atom is 0.170 e. The molecule has 6 heteroatoms. The molecule has 2 atom stereocenters. The highest BCUT2D eigenvalue weighted by molar-refractivity contribution is 7.80. The summed E-state index contributed by atoms with van der Waals surface area (Å²) >= 11 is 5.64. The van der Waals surface area contributed by atoms with Crippen LogP contribution in [0.15, 0.2) is 55.0 Å². The molecule has 0 bridgehead atoms. The van der Waals surface area contributed by atoms with Crippen molar-refractivity contribution in [1.29, 1.82) is 0 Å². The minimum Gasteiger partial charge on any atom is -0.352 e. The predicted octanol–water partition coefficient (Wildman–Crippen LogP) is 3.88. The Morgan fingerprint density at radius 3 is 2.67 bits per heavy atom. The first-order chi connectivity index (χ1) is 13.1. The number of thiocarbonyl (C=S) groups is 1. The van der Waals surface area contributed by atoms with Crippen molar-refractivity contribution in [3.8, 4) is 5.69 Å². The van der Waals surface area contributed by atoms with Gasteiger partial charge in [-0.2, -0.15) is 0 Å². The second-order valence-electron chi connectivity index (χ2n) is 6.79. The van der Waals surface area contributed by atoms with Gasteiger partial charge >= 0.3 is 0 Å². The molecule has 0 radical (unpaired) electrons. The second-order valence-corrected chi connectivity index (χ2v) is 7.17. The molecule has 4 rings (SSSR count). The molecule has 3 aromatic heterocycles. The van der Waals surface area contributed by atoms with E-state index in [2.05, 4.69) is 63.7 Å². The molecule has 4 heterocycles. The summed E-state index contributed by atoms with van der Waals surface area (Å²) < 4.78 is 2.26. The van der Waals surface area contributed by atoms with Crippen LogP contribution in [-0.2, 0) is 0 Å². The van der Waals surface area contributed by atoms with Crippen LogP contribution in [0.2, 0.25) is 0 Å². The maximum absolute atomic E-state index is 5.64. The number of aryl methyl sites for hydroxylation is 1. The van der Waals surface area contributed by atoms with E-state index in [4.69, 9.17) is 12.2 Å². The van der Waals surface area contributed by atoms with Crippen molar-refractivity contribution in [2.24, 2.45) is 0 Å². The molecule has 5 nitrogen and oxygen atoms in total. The highest BCUT2D eigenvalue weighted by atomic mass is 32.1. The summed E-state index contributed by atoms with van der Waals surface area (Å²) in [6.07, 6.45) is 5.54. The molecule has 0 aliphatic carbocycles. The first-order valence-electron chi connectivity index (χ1n) is 9.19. The fraction of sp³-hybridized carbons (Fsp3) is 0.286. The standard InChI is InChI=1S/C21H23N5S/c1-4-25-20(19(24-21(25)27)18-9-5-6-11-23-18)17-12-14(2)26(15(17)3)16-8-7-10-22-13-16/h5-13,19-20H,4H2,1-3H3,(H,24,27)/t19-,20+/m0/s1. The zero-order chi connectivity index (χ0) is 19.0. The lowest BCUT2D eigenvalue weighted by Crippen LogP contribution is -2.29. The lowest BCUT2D eigenvalue weighted by molar-refractivity contribution is 0.329. The minimum absolute atomic E-state index is 0.0292. The van der Waals surface area contributed by atoms with Gasteiger partial charge in [-0.15, -0.1) is 0 Å². The lowest BCUT2D eigenvalue weighted by atomic mass is 9.97. The zero-order valence-corrected chi connectivity index (χ0v) is 16.6. The van der Waals surface area contributed by atoms with Crippen LogP contribution < -0.4 is 5.32 Å². The molecule has 1 aliphatic heterocycles. The van der Waals surface area contributed by atoms with Gasteiger partial charge in [0, 0.05) is 30.3 Å². The van der Waals surface area contributed by atoms with E-state index in [0.29, 0.717) is 0 Å². The summed E-state index contributed by atoms with van der Waals surface area (Å²) in [5.41, 5.74) is 5.73. The Hall–Kier alpha value is -2.73. The molecule has 1 fully saturated rings. The summed E-state index contributed by atoms with van der Waals surface area (Å²) in [5.74, 6) is 0. The molecule has 0 aromatic carbocycles. The quantitative estimate of drug-likeness (QED) is 0.699. The third-order valence-corrected chi connectivity index (χ3v) is 5.58. The Balaban J connectivity index is 1.84. The molecule has 0 saturated carbocycles. The van der Waals surface area contributed by atoms with Crippen molar-refractivity contribution < 1.29 is 0 Å². The molecule has 3 aromatic rings. The van der Waals surface area contributed by atoms with Crippen LogP contribution in [-0.4, -0.2) is 31.1 Å². The van der Waals surface area contributed by atoms with E-state index in [1.54, 1.807) is 6.20 Å². The number of aromatic nitrogens is 3. The maximum atomic E-state index is 5.64. The third kappa shape index (κ3) is 3.00. The third-order valence-electron chi connectivity index (χ3n) is 5.23. The van der Waals surface area contributed by atoms with Gasteiger partial charge in [-0.3, -0.25) is 9.97 Å². The number of pyridine rings is 2. The molecular formula is C21H23N5S. The van der Waals surface area contributed by atoms with Crippen LogP contribution >= 0.6 is 12.2 Å². The Bertz CT molecular complexity index is 951. The number of nitrogens with zero attached hydrogens (tertiary/aromatic N) is 4. The van der Waals surface area contributed by atoms with Gasteiger partial charge in [0.15, 0.2) is 5.11 Å². The largest absolute Gasteiger partial charge is 0.352 e. The Labute approximate surface area is 165 Å². The fourth-order valence-corrected chi connectivity index (χ4v) is 4.42. The highest BCUT2D eigenvalue weighted by Crippen LogP contribution is 2.41. The van der Waals surface area contributed by atoms with Crippen molar-refractivity contribution in [2.45, 2.75) is 32.9 Å². The molecular weight excluding hydrogens is 354 g/mol. The van der Waals surface area contributed by atoms with Crippen molar-refractivity contribution in [3.63, 3.8) is 0 Å². The average Bonchev–Trinajstić information content (AvgIpc) is 3.18. The fourth-order valence-electron chi connectivity index (χ4n) is 4.05. The molecule has 1 N–H and O–H groups in total. The average molecular weight is 378 g/mol. The van der Waals surface area contributed by atoms with Gasteiger partial charge in [-0.25, -0.2) is 0 Å². The van der Waals surface area contributed by atoms with Crippen molar-refractivity contribution in [1.82, 2.24) is 24.8 Å². The highest BCUT2D eigenvalue weighted by Gasteiger charge is 2.40. The topological polar surface area (TPSA) is 46.0 Å². The Kier molecular flexibility index (Phi) is 4.66. The smallest absolute Gasteiger partial charge is 0.170 e. The predicted molar refractivity (Wildman–Crippen MR) is 111 cm³/mol. The van der Waals surface area contributed by atoms with E-state index < -0.39 is 0 Å². The van der Waals surface area contributed by atoms with Crippen LogP contribution in [0.3, 0.4) is 0 Å². The summed E-state index contributed by atoms with van der Waals surface area (Å²) in [6.45, 7) is 7.29. The van der Waals surface area contributed by atoms with Crippen LogP contribution in [0.1, 0.15) is 41.7 Å². The van der Waals surface area contributed by atoms with Gasteiger partial charge in [0.05, 0.1) is 29.7 Å². The minimum atomic E-state index is 0.0292. The van der Waals surface area contributed by atoms with E-state index >= 15 is 0 Å². The molecule has 0 spiro atoms. The van der Waals surface area contributed by atoms with E-state index in [-0.39, 0.29) is 12.1 Å². The van der Waals surface area contributed by atoms with E-state index in [1.807, 2.05) is 30.6 Å². The summed E-state index contributed by atoms with van der Waals surface area (Å²) in [5, 5.41) is 4.27. The van der Waals surface area contributed by atoms with E-state index in [0.717, 1.165) is 23.0 Å². The van der Waals surface area contributed by atoms with Crippen molar-refractivity contribution in [3.05, 3.63) is 77.6 Å². The molecule has 1 aliphatic rings. The second kappa shape index (κ2) is 7.12. The number of hydrogen-bond donors (Lipinski definition) is 1. The van der Waals surface area contributed by atoms with Gasteiger partial charge in [-0.05, 0) is 68.9 Å². The van der Waals surface area contributed by atoms with Crippen molar-refractivity contribution >= 4 is 17.3 Å². The summed E-state index contributed by atoms with van der Waals surface area (Å²) in [4.78, 5) is 11.1. The van der Waals surface area contributed by atoms with Gasteiger partial charge in [0.25, 0.3) is 0 Å². The lowest BCUT2D eigenvalue weighted by Gasteiger charge is -2.27. The van der Waals surface area contributed by atoms with Crippen molar-refractivity contribution in [2.75, 3.05) is 6.54 Å². The number of likely N-dealkylation sites (N-methyl/N-ethyl adjacent to an activating group) is 1. The van der Waals surface area contributed by atoms with Gasteiger partial charge in [0.1, 0.15) is 0 Å². The Morgan fingerprint density at radius 1 is 1.15 bits per heavy atom. The molecule has 138 valence electrons. The summed E-state index contributed by atoms with van der Waals surface area (Å²) in [7, 11) is 0. The van der Waals surface area contributed by atoms with Crippen LogP contribution in [0.25, 0.3) is 5.69 Å². The van der Waals surface area contributed by atoms with Gasteiger partial charge < -0.3 is 14.8 Å². The normalized spacial score (nSPS) is 19.4. The molecule has 27 heavy (non-hydrogen) atoms. The monoisotopic (exact) mass is 377 g/mol. The zero-order valence-electron chi connectivity index (χ0n) is 15.8. The van der Waals surface area contributed by atoms with Gasteiger partial charge in [0.2, 0.25) is 0 Å². The van der Waals surface area contributed by atoms with Crippen LogP contribution in [0, 0.1) is 13.8 Å². The number of hydrogen-bond acceptors (Lipinski definition) is 3. The Morgan fingerprint density at radius 2 is 2.00 bits per heavy atom. The van der Waals surface area contributed by atoms with E-state index in [1.165, 1.54) is 17.0 Å². The number of rotatable bonds is 4. The summed E-state index contributed by atoms with van der Waals surface area (Å²) in [6, 6.07) is 12.5. The SMILES string of the molecule is CCN1C(=S)N[C@@H](c2ccccn2)[C@H]1c1cc(C)n(-c2cccnc2)c1C. The molecule has 1 saturated heterocycles. The molecule has 0 unspecified atom stereocenters. The van der Waals surface area contributed by atoms with E-state index in [9.17, 15) is 0 Å². The molecule has 0 amide bonds. The van der Waals surface area contributed by atoms with Crippen LogP contribution in [0.4, 0.5) is 0 Å².